The van der Waals surface area contributed by atoms with Gasteiger partial charge in [0.2, 0.25) is 0 Å². The maximum atomic E-state index is 12.8. The van der Waals surface area contributed by atoms with Crippen LogP contribution in [0.25, 0.3) is 0 Å². The highest BCUT2D eigenvalue weighted by molar-refractivity contribution is 5.71. The summed E-state index contributed by atoms with van der Waals surface area (Å²) in [6, 6.07) is 0. The predicted molar refractivity (Wildman–Crippen MR) is 297 cm³/mol. The Morgan fingerprint density at radius 3 is 0.884 bits per heavy atom. The highest BCUT2D eigenvalue weighted by Gasteiger charge is 2.19. The summed E-state index contributed by atoms with van der Waals surface area (Å²) in [5, 5.41) is 0. The van der Waals surface area contributed by atoms with Gasteiger partial charge >= 0.3 is 17.9 Å². The lowest BCUT2D eigenvalue weighted by Crippen LogP contribution is -2.30. The zero-order valence-corrected chi connectivity index (χ0v) is 44.5. The standard InChI is InChI=1S/C63H102O6/c1-4-7-10-13-16-19-22-25-27-29-31-33-35-38-41-44-47-50-53-56-62(65)68-59-60(58-67-61(64)55-52-49-46-43-40-37-24-21-18-15-12-9-6-3)69-63(66)57-54-51-48-45-42-39-36-34-32-30-28-26-23-20-17-14-11-8-5-2/h7-8,10-11,16-17,19-20,25-28,31-34,38-39,41-42,60H,4-6,9,12-15,18,21-24,29-30,35-37,40,43-59H2,1-3H3/b10-7-,11-8-,19-16-,20-17-,27-25-,28-26-,33-31-,34-32-,41-38-,42-39-/t60-/m1/s1. The lowest BCUT2D eigenvalue weighted by molar-refractivity contribution is -0.167. The van der Waals surface area contributed by atoms with Crippen LogP contribution in [-0.2, 0) is 28.6 Å². The van der Waals surface area contributed by atoms with E-state index < -0.39 is 6.10 Å². The number of ether oxygens (including phenoxy) is 3. The summed E-state index contributed by atoms with van der Waals surface area (Å²) < 4.78 is 16.8. The molecule has 6 heteroatoms. The molecule has 0 saturated heterocycles. The Balaban J connectivity index is 4.52. The molecule has 0 radical (unpaired) electrons. The van der Waals surface area contributed by atoms with Gasteiger partial charge in [0.15, 0.2) is 6.10 Å². The largest absolute Gasteiger partial charge is 0.462 e. The summed E-state index contributed by atoms with van der Waals surface area (Å²) in [4.78, 5) is 38.1. The van der Waals surface area contributed by atoms with Gasteiger partial charge in [-0.05, 0) is 109 Å². The van der Waals surface area contributed by atoms with Gasteiger partial charge in [0.1, 0.15) is 13.2 Å². The minimum Gasteiger partial charge on any atom is -0.462 e. The van der Waals surface area contributed by atoms with Crippen molar-refractivity contribution >= 4 is 17.9 Å². The number of esters is 3. The third-order valence-electron chi connectivity index (χ3n) is 11.5. The second-order valence-corrected chi connectivity index (χ2v) is 18.1. The summed E-state index contributed by atoms with van der Waals surface area (Å²) in [7, 11) is 0. The smallest absolute Gasteiger partial charge is 0.306 e. The van der Waals surface area contributed by atoms with Crippen molar-refractivity contribution in [3.05, 3.63) is 122 Å². The third-order valence-corrected chi connectivity index (χ3v) is 11.5. The van der Waals surface area contributed by atoms with E-state index in [1.165, 1.54) is 64.2 Å². The zero-order valence-electron chi connectivity index (χ0n) is 44.5. The monoisotopic (exact) mass is 955 g/mol. The van der Waals surface area contributed by atoms with Crippen LogP contribution < -0.4 is 0 Å². The number of carbonyl (C=O) groups excluding carboxylic acids is 3. The molecule has 6 nitrogen and oxygen atoms in total. The maximum absolute atomic E-state index is 12.8. The van der Waals surface area contributed by atoms with E-state index in [-0.39, 0.29) is 37.5 Å². The van der Waals surface area contributed by atoms with Crippen LogP contribution in [0.3, 0.4) is 0 Å². The van der Waals surface area contributed by atoms with Crippen molar-refractivity contribution in [2.45, 2.75) is 245 Å². The van der Waals surface area contributed by atoms with E-state index in [1.807, 2.05) is 0 Å². The summed E-state index contributed by atoms with van der Waals surface area (Å²) in [6.45, 7) is 6.35. The Hall–Kier alpha value is -4.19. The van der Waals surface area contributed by atoms with E-state index in [1.54, 1.807) is 0 Å². The third kappa shape index (κ3) is 54.6. The maximum Gasteiger partial charge on any atom is 0.306 e. The molecule has 0 spiro atoms. The van der Waals surface area contributed by atoms with Crippen molar-refractivity contribution in [1.82, 2.24) is 0 Å². The number of rotatable bonds is 49. The topological polar surface area (TPSA) is 78.9 Å². The zero-order chi connectivity index (χ0) is 50.0. The highest BCUT2D eigenvalue weighted by atomic mass is 16.6. The van der Waals surface area contributed by atoms with E-state index in [2.05, 4.69) is 142 Å². The van der Waals surface area contributed by atoms with E-state index in [4.69, 9.17) is 14.2 Å². The van der Waals surface area contributed by atoms with Crippen molar-refractivity contribution in [2.75, 3.05) is 13.2 Å². The first-order valence-corrected chi connectivity index (χ1v) is 28.0. The number of unbranched alkanes of at least 4 members (excludes halogenated alkanes) is 18. The van der Waals surface area contributed by atoms with Crippen molar-refractivity contribution in [3.8, 4) is 0 Å². The molecule has 0 bridgehead atoms. The molecule has 0 aromatic heterocycles. The first kappa shape index (κ1) is 64.8. The normalized spacial score (nSPS) is 13.0. The fraction of sp³-hybridized carbons (Fsp3) is 0.635. The van der Waals surface area contributed by atoms with Gasteiger partial charge in [0.05, 0.1) is 0 Å². The summed E-state index contributed by atoms with van der Waals surface area (Å²) >= 11 is 0. The van der Waals surface area contributed by atoms with Crippen LogP contribution in [0.2, 0.25) is 0 Å². The molecule has 0 rings (SSSR count). The average molecular weight is 956 g/mol. The predicted octanol–water partition coefficient (Wildman–Crippen LogP) is 18.9. The summed E-state index contributed by atoms with van der Waals surface area (Å²) in [5.41, 5.74) is 0. The summed E-state index contributed by atoms with van der Waals surface area (Å²) in [6.07, 6.45) is 77.5. The van der Waals surface area contributed by atoms with Gasteiger partial charge in [-0.2, -0.15) is 0 Å². The van der Waals surface area contributed by atoms with Crippen molar-refractivity contribution in [3.63, 3.8) is 0 Å². The van der Waals surface area contributed by atoms with E-state index in [0.717, 1.165) is 128 Å². The minimum absolute atomic E-state index is 0.104. The van der Waals surface area contributed by atoms with Gasteiger partial charge in [0.25, 0.3) is 0 Å². The van der Waals surface area contributed by atoms with Gasteiger partial charge in [0, 0.05) is 19.3 Å². The molecule has 0 fully saturated rings. The second-order valence-electron chi connectivity index (χ2n) is 18.1. The highest BCUT2D eigenvalue weighted by Crippen LogP contribution is 2.14. The fourth-order valence-corrected chi connectivity index (χ4v) is 7.32. The van der Waals surface area contributed by atoms with Crippen molar-refractivity contribution in [2.24, 2.45) is 0 Å². The Morgan fingerprint density at radius 1 is 0.304 bits per heavy atom. The van der Waals surface area contributed by atoms with Crippen molar-refractivity contribution in [1.29, 1.82) is 0 Å². The SMILES string of the molecule is CC/C=C\C/C=C\C/C=C\C/C=C\C/C=C\CCCCCC(=O)OC[C@@H](COC(=O)CCCCCCCCCCCCCCC)OC(=O)CCCCC/C=C\C/C=C\C/C=C\C/C=C\C/C=C\CC. The Kier molecular flexibility index (Phi) is 53.0. The Labute approximate surface area is 424 Å². The van der Waals surface area contributed by atoms with E-state index >= 15 is 0 Å². The van der Waals surface area contributed by atoms with Gasteiger partial charge < -0.3 is 14.2 Å². The number of hydrogen-bond donors (Lipinski definition) is 0. The molecule has 0 aliphatic rings. The quantitative estimate of drug-likeness (QED) is 0.0262. The molecule has 0 unspecified atom stereocenters. The first-order chi connectivity index (χ1) is 34.0. The minimum atomic E-state index is -0.811. The molecule has 0 aliphatic heterocycles. The number of hydrogen-bond acceptors (Lipinski definition) is 6. The molecule has 0 aromatic rings. The molecule has 0 saturated carbocycles. The van der Waals surface area contributed by atoms with Crippen LogP contribution in [-0.4, -0.2) is 37.2 Å². The summed E-state index contributed by atoms with van der Waals surface area (Å²) in [5.74, 6) is -0.971. The van der Waals surface area contributed by atoms with Crippen LogP contribution >= 0.6 is 0 Å². The van der Waals surface area contributed by atoms with Gasteiger partial charge in [-0.3, -0.25) is 14.4 Å². The van der Waals surface area contributed by atoms with Gasteiger partial charge in [-0.25, -0.2) is 0 Å². The van der Waals surface area contributed by atoms with E-state index in [0.29, 0.717) is 19.3 Å². The van der Waals surface area contributed by atoms with Crippen molar-refractivity contribution < 1.29 is 28.6 Å². The van der Waals surface area contributed by atoms with E-state index in [9.17, 15) is 14.4 Å². The Bertz CT molecular complexity index is 1470. The van der Waals surface area contributed by atoms with Crippen LogP contribution in [0.1, 0.15) is 239 Å². The number of allylic oxidation sites excluding steroid dienone is 20. The first-order valence-electron chi connectivity index (χ1n) is 28.0. The van der Waals surface area contributed by atoms with Crippen LogP contribution in [0.5, 0.6) is 0 Å². The van der Waals surface area contributed by atoms with Gasteiger partial charge in [-0.15, -0.1) is 0 Å². The lowest BCUT2D eigenvalue weighted by atomic mass is 10.0. The van der Waals surface area contributed by atoms with Crippen LogP contribution in [0.15, 0.2) is 122 Å². The molecule has 0 aliphatic carbocycles. The Morgan fingerprint density at radius 2 is 0.565 bits per heavy atom. The molecule has 0 amide bonds. The molecular weight excluding hydrogens is 853 g/mol. The average Bonchev–Trinajstić information content (AvgIpc) is 3.35. The second kappa shape index (κ2) is 56.4. The fourth-order valence-electron chi connectivity index (χ4n) is 7.32. The molecule has 0 N–H and O–H groups in total. The van der Waals surface area contributed by atoms with Crippen LogP contribution in [0.4, 0.5) is 0 Å². The number of carbonyl (C=O) groups is 3. The molecule has 1 atom stereocenters. The molecular formula is C63H102O6. The molecule has 0 aromatic carbocycles. The molecule has 0 heterocycles. The molecule has 69 heavy (non-hydrogen) atoms. The van der Waals surface area contributed by atoms with Crippen LogP contribution in [0, 0.1) is 0 Å². The van der Waals surface area contributed by atoms with Gasteiger partial charge in [-0.1, -0.05) is 232 Å². The molecule has 390 valence electrons. The lowest BCUT2D eigenvalue weighted by Gasteiger charge is -2.18.